The molecule has 0 radical (unpaired) electrons. The van der Waals surface area contributed by atoms with Crippen molar-refractivity contribution in [3.05, 3.63) is 27.7 Å². The Morgan fingerprint density at radius 3 is 2.45 bits per heavy atom. The van der Waals surface area contributed by atoms with Crippen LogP contribution < -0.4 is 5.32 Å². The summed E-state index contributed by atoms with van der Waals surface area (Å²) in [6.45, 7) is 8.15. The maximum Gasteiger partial charge on any atom is 0.0638 e. The van der Waals surface area contributed by atoms with Crippen molar-refractivity contribution in [2.24, 2.45) is 17.3 Å². The number of rotatable bonds is 3. The van der Waals surface area contributed by atoms with Gasteiger partial charge in [0.25, 0.3) is 0 Å². The Morgan fingerprint density at radius 2 is 1.85 bits per heavy atom. The van der Waals surface area contributed by atoms with Crippen molar-refractivity contribution in [2.45, 2.75) is 46.5 Å². The van der Waals surface area contributed by atoms with Crippen LogP contribution in [0.4, 0.5) is 5.69 Å². The molecule has 1 N–H and O–H groups in total. The Labute approximate surface area is 136 Å². The summed E-state index contributed by atoms with van der Waals surface area (Å²) in [5.74, 6) is 1.66. The summed E-state index contributed by atoms with van der Waals surface area (Å²) in [6, 6.07) is 5.97. The monoisotopic (exact) mass is 357 g/mol. The van der Waals surface area contributed by atoms with Gasteiger partial charge in [0, 0.05) is 11.0 Å². The van der Waals surface area contributed by atoms with Gasteiger partial charge in [0.15, 0.2) is 0 Å². The van der Waals surface area contributed by atoms with Gasteiger partial charge in [-0.1, -0.05) is 48.3 Å². The summed E-state index contributed by atoms with van der Waals surface area (Å²) in [7, 11) is 0. The number of halogens is 2. The molecule has 0 saturated heterocycles. The summed E-state index contributed by atoms with van der Waals surface area (Å²) in [5.41, 5.74) is 1.51. The van der Waals surface area contributed by atoms with Crippen molar-refractivity contribution in [1.82, 2.24) is 0 Å². The fourth-order valence-corrected chi connectivity index (χ4v) is 3.67. The average molecular weight is 359 g/mol. The van der Waals surface area contributed by atoms with Gasteiger partial charge in [0.1, 0.15) is 0 Å². The van der Waals surface area contributed by atoms with E-state index in [2.05, 4.69) is 48.1 Å². The van der Waals surface area contributed by atoms with Crippen molar-refractivity contribution in [3.63, 3.8) is 0 Å². The van der Waals surface area contributed by atoms with E-state index in [1.54, 1.807) is 0 Å². The molecular formula is C17H25BrClN. The van der Waals surface area contributed by atoms with Crippen molar-refractivity contribution < 1.29 is 0 Å². The van der Waals surface area contributed by atoms with Crippen LogP contribution in [0, 0.1) is 17.3 Å². The molecule has 0 atom stereocenters. The molecule has 1 aliphatic rings. The number of anilines is 1. The van der Waals surface area contributed by atoms with Gasteiger partial charge in [-0.05, 0) is 61.1 Å². The van der Waals surface area contributed by atoms with Crippen molar-refractivity contribution in [1.29, 1.82) is 0 Å². The van der Waals surface area contributed by atoms with Crippen LogP contribution in [0.3, 0.4) is 0 Å². The third kappa shape index (κ3) is 4.39. The highest BCUT2D eigenvalue weighted by molar-refractivity contribution is 9.10. The number of benzene rings is 1. The largest absolute Gasteiger partial charge is 0.384 e. The lowest BCUT2D eigenvalue weighted by Gasteiger charge is -2.37. The second-order valence-electron chi connectivity index (χ2n) is 7.09. The smallest absolute Gasteiger partial charge is 0.0638 e. The highest BCUT2D eigenvalue weighted by Crippen LogP contribution is 2.40. The van der Waals surface area contributed by atoms with Crippen LogP contribution in [-0.4, -0.2) is 6.54 Å². The molecule has 2 rings (SSSR count). The highest BCUT2D eigenvalue weighted by Gasteiger charge is 2.29. The fraction of sp³-hybridized carbons (Fsp3) is 0.647. The molecule has 1 aromatic rings. The molecule has 112 valence electrons. The van der Waals surface area contributed by atoms with Crippen LogP contribution in [0.5, 0.6) is 0 Å². The first kappa shape index (κ1) is 16.2. The van der Waals surface area contributed by atoms with Gasteiger partial charge in [0.2, 0.25) is 0 Å². The molecule has 0 aliphatic heterocycles. The summed E-state index contributed by atoms with van der Waals surface area (Å²) in [6.07, 6.45) is 5.39. The molecule has 0 bridgehead atoms. The van der Waals surface area contributed by atoms with Gasteiger partial charge in [0.05, 0.1) is 10.7 Å². The Balaban J connectivity index is 1.83. The quantitative estimate of drug-likeness (QED) is 0.662. The van der Waals surface area contributed by atoms with E-state index in [1.165, 1.54) is 25.7 Å². The molecule has 1 aliphatic carbocycles. The van der Waals surface area contributed by atoms with E-state index >= 15 is 0 Å². The molecule has 1 saturated carbocycles. The second kappa shape index (κ2) is 6.70. The summed E-state index contributed by atoms with van der Waals surface area (Å²) in [5, 5.41) is 4.32. The zero-order valence-corrected chi connectivity index (χ0v) is 15.0. The van der Waals surface area contributed by atoms with E-state index in [9.17, 15) is 0 Å². The molecular weight excluding hydrogens is 334 g/mol. The molecule has 0 amide bonds. The van der Waals surface area contributed by atoms with Crippen LogP contribution in [-0.2, 0) is 0 Å². The van der Waals surface area contributed by atoms with E-state index < -0.39 is 0 Å². The Bertz CT molecular complexity index is 445. The zero-order valence-electron chi connectivity index (χ0n) is 12.7. The standard InChI is InChI=1S/C17H25BrClN/c1-17(2,3)13-6-4-12(5-7-13)11-20-16-10-14(18)8-9-15(16)19/h8-10,12-13,20H,4-7,11H2,1-3H3. The summed E-state index contributed by atoms with van der Waals surface area (Å²) in [4.78, 5) is 0. The molecule has 0 spiro atoms. The van der Waals surface area contributed by atoms with Gasteiger partial charge in [-0.3, -0.25) is 0 Å². The predicted octanol–water partition coefficient (Wildman–Crippen LogP) is 6.37. The zero-order chi connectivity index (χ0) is 14.8. The lowest BCUT2D eigenvalue weighted by Crippen LogP contribution is -2.28. The molecule has 1 fully saturated rings. The van der Waals surface area contributed by atoms with Crippen LogP contribution in [0.2, 0.25) is 5.02 Å². The summed E-state index contributed by atoms with van der Waals surface area (Å²) >= 11 is 9.71. The van der Waals surface area contributed by atoms with Crippen molar-refractivity contribution >= 4 is 33.2 Å². The Morgan fingerprint density at radius 1 is 1.20 bits per heavy atom. The molecule has 3 heteroatoms. The first-order valence-electron chi connectivity index (χ1n) is 7.55. The molecule has 0 aromatic heterocycles. The van der Waals surface area contributed by atoms with Crippen molar-refractivity contribution in [2.75, 3.05) is 11.9 Å². The van der Waals surface area contributed by atoms with Crippen LogP contribution in [0.1, 0.15) is 46.5 Å². The summed E-state index contributed by atoms with van der Waals surface area (Å²) < 4.78 is 1.07. The first-order valence-corrected chi connectivity index (χ1v) is 8.72. The third-order valence-corrected chi connectivity index (χ3v) is 5.40. The minimum absolute atomic E-state index is 0.464. The third-order valence-electron chi connectivity index (χ3n) is 4.58. The van der Waals surface area contributed by atoms with E-state index in [0.717, 1.165) is 33.6 Å². The Kier molecular flexibility index (Phi) is 5.42. The van der Waals surface area contributed by atoms with Crippen LogP contribution >= 0.6 is 27.5 Å². The first-order chi connectivity index (χ1) is 9.36. The fourth-order valence-electron chi connectivity index (χ4n) is 3.12. The topological polar surface area (TPSA) is 12.0 Å². The van der Waals surface area contributed by atoms with E-state index in [0.29, 0.717) is 5.41 Å². The SMILES string of the molecule is CC(C)(C)C1CCC(CNc2cc(Br)ccc2Cl)CC1. The normalized spacial score (nSPS) is 23.6. The maximum absolute atomic E-state index is 6.21. The molecule has 1 aromatic carbocycles. The molecule has 0 heterocycles. The number of hydrogen-bond acceptors (Lipinski definition) is 1. The molecule has 20 heavy (non-hydrogen) atoms. The minimum atomic E-state index is 0.464. The highest BCUT2D eigenvalue weighted by atomic mass is 79.9. The predicted molar refractivity (Wildman–Crippen MR) is 92.5 cm³/mol. The van der Waals surface area contributed by atoms with Gasteiger partial charge < -0.3 is 5.32 Å². The molecule has 1 nitrogen and oxygen atoms in total. The lowest BCUT2D eigenvalue weighted by atomic mass is 9.70. The van der Waals surface area contributed by atoms with E-state index in [-0.39, 0.29) is 0 Å². The average Bonchev–Trinajstić information content (AvgIpc) is 2.39. The van der Waals surface area contributed by atoms with Crippen LogP contribution in [0.25, 0.3) is 0 Å². The number of nitrogens with one attached hydrogen (secondary N) is 1. The van der Waals surface area contributed by atoms with Gasteiger partial charge in [-0.25, -0.2) is 0 Å². The van der Waals surface area contributed by atoms with Crippen LogP contribution in [0.15, 0.2) is 22.7 Å². The number of hydrogen-bond donors (Lipinski definition) is 1. The van der Waals surface area contributed by atoms with Gasteiger partial charge >= 0.3 is 0 Å². The Hall–Kier alpha value is -0.210. The minimum Gasteiger partial charge on any atom is -0.384 e. The van der Waals surface area contributed by atoms with Crippen molar-refractivity contribution in [3.8, 4) is 0 Å². The lowest BCUT2D eigenvalue weighted by molar-refractivity contribution is 0.153. The van der Waals surface area contributed by atoms with Gasteiger partial charge in [-0.2, -0.15) is 0 Å². The van der Waals surface area contributed by atoms with E-state index in [4.69, 9.17) is 11.6 Å². The maximum atomic E-state index is 6.21. The van der Waals surface area contributed by atoms with Gasteiger partial charge in [-0.15, -0.1) is 0 Å². The molecule has 0 unspecified atom stereocenters. The van der Waals surface area contributed by atoms with E-state index in [1.807, 2.05) is 12.1 Å². The second-order valence-corrected chi connectivity index (χ2v) is 8.41.